The molecule has 0 heterocycles. The Bertz CT molecular complexity index is 285. The highest BCUT2D eigenvalue weighted by Crippen LogP contribution is 2.24. The summed E-state index contributed by atoms with van der Waals surface area (Å²) >= 11 is 0. The van der Waals surface area contributed by atoms with Crippen LogP contribution in [0.4, 0.5) is 0 Å². The Balaban J connectivity index is 2.95. The lowest BCUT2D eigenvalue weighted by molar-refractivity contribution is -0.198. The van der Waals surface area contributed by atoms with Crippen LogP contribution >= 0.6 is 0 Å². The van der Waals surface area contributed by atoms with E-state index in [2.05, 4.69) is 31.7 Å². The van der Waals surface area contributed by atoms with E-state index in [9.17, 15) is 0 Å². The normalized spacial score (nSPS) is 22.0. The Hall–Kier alpha value is -1.02. The van der Waals surface area contributed by atoms with Gasteiger partial charge in [-0.15, -0.1) is 12.0 Å². The fraction of sp³-hybridized carbons (Fsp3) is 0.417. The fourth-order valence-corrected chi connectivity index (χ4v) is 1.62. The zero-order valence-electron chi connectivity index (χ0n) is 8.79. The maximum atomic E-state index is 8.64. The minimum Gasteiger partial charge on any atom is -0.341 e. The lowest BCUT2D eigenvalue weighted by atomic mass is 10.0. The monoisotopic (exact) mass is 193 g/mol. The number of rotatable bonds is 3. The van der Waals surface area contributed by atoms with Crippen LogP contribution in [0.3, 0.4) is 0 Å². The first kappa shape index (κ1) is 11.1. The first-order chi connectivity index (χ1) is 6.67. The van der Waals surface area contributed by atoms with Crippen LogP contribution in [-0.4, -0.2) is 5.26 Å². The Labute approximate surface area is 85.5 Å². The van der Waals surface area contributed by atoms with E-state index in [1.807, 2.05) is 6.08 Å². The van der Waals surface area contributed by atoms with E-state index in [0.29, 0.717) is 5.76 Å². The van der Waals surface area contributed by atoms with Gasteiger partial charge in [-0.2, -0.15) is 0 Å². The molecule has 2 nitrogen and oxygen atoms in total. The van der Waals surface area contributed by atoms with E-state index in [1.54, 1.807) is 6.08 Å². The standard InChI is InChI=1S/C12H17O2/c1-4-5-11-8-12(14-13)7-9(2)6-10(11)3/h6-9,13H,2,4-5H2,1,3H3/q-1. The number of allylic oxidation sites excluding steroid dienone is 5. The van der Waals surface area contributed by atoms with Crippen molar-refractivity contribution in [1.82, 2.24) is 0 Å². The van der Waals surface area contributed by atoms with Crippen molar-refractivity contribution < 1.29 is 10.1 Å². The lowest BCUT2D eigenvalue weighted by Gasteiger charge is -2.08. The van der Waals surface area contributed by atoms with Crippen molar-refractivity contribution in [3.63, 3.8) is 0 Å². The molecule has 0 amide bonds. The molecule has 1 unspecified atom stereocenters. The summed E-state index contributed by atoms with van der Waals surface area (Å²) in [4.78, 5) is 4.28. The second-order valence-corrected chi connectivity index (χ2v) is 3.59. The Morgan fingerprint density at radius 1 is 1.50 bits per heavy atom. The summed E-state index contributed by atoms with van der Waals surface area (Å²) in [5.41, 5.74) is 2.43. The molecule has 0 aliphatic heterocycles. The van der Waals surface area contributed by atoms with Gasteiger partial charge in [-0.25, -0.2) is 5.26 Å². The Morgan fingerprint density at radius 2 is 2.21 bits per heavy atom. The summed E-state index contributed by atoms with van der Waals surface area (Å²) < 4.78 is 0. The van der Waals surface area contributed by atoms with Crippen LogP contribution < -0.4 is 0 Å². The molecule has 0 spiro atoms. The zero-order chi connectivity index (χ0) is 10.6. The topological polar surface area (TPSA) is 29.5 Å². The molecule has 2 heteroatoms. The van der Waals surface area contributed by atoms with Crippen molar-refractivity contribution in [1.29, 1.82) is 0 Å². The van der Waals surface area contributed by atoms with Gasteiger partial charge in [0.1, 0.15) is 0 Å². The highest BCUT2D eigenvalue weighted by molar-refractivity contribution is 5.38. The van der Waals surface area contributed by atoms with E-state index in [-0.39, 0.29) is 5.92 Å². The average molecular weight is 193 g/mol. The molecule has 0 saturated heterocycles. The van der Waals surface area contributed by atoms with Gasteiger partial charge in [-0.3, -0.25) is 0 Å². The molecule has 14 heavy (non-hydrogen) atoms. The summed E-state index contributed by atoms with van der Waals surface area (Å²) in [7, 11) is 0. The lowest BCUT2D eigenvalue weighted by Crippen LogP contribution is -1.87. The molecule has 1 N–H and O–H groups in total. The van der Waals surface area contributed by atoms with Crippen molar-refractivity contribution in [3.8, 4) is 0 Å². The van der Waals surface area contributed by atoms with Gasteiger partial charge in [-0.1, -0.05) is 25.0 Å². The largest absolute Gasteiger partial charge is 0.341 e. The van der Waals surface area contributed by atoms with Crippen LogP contribution in [0.15, 0.2) is 35.1 Å². The van der Waals surface area contributed by atoms with Crippen LogP contribution in [0, 0.1) is 12.8 Å². The van der Waals surface area contributed by atoms with Gasteiger partial charge in [0.25, 0.3) is 0 Å². The van der Waals surface area contributed by atoms with Gasteiger partial charge in [-0.05, 0) is 25.0 Å². The third-order valence-electron chi connectivity index (χ3n) is 2.29. The van der Waals surface area contributed by atoms with Crippen LogP contribution in [-0.2, 0) is 4.89 Å². The van der Waals surface area contributed by atoms with Gasteiger partial charge in [0.15, 0.2) is 5.76 Å². The Morgan fingerprint density at radius 3 is 2.79 bits per heavy atom. The van der Waals surface area contributed by atoms with Crippen LogP contribution in [0.25, 0.3) is 0 Å². The summed E-state index contributed by atoms with van der Waals surface area (Å²) in [5.74, 6) is 0.546. The summed E-state index contributed by atoms with van der Waals surface area (Å²) in [5, 5.41) is 8.64. The van der Waals surface area contributed by atoms with Crippen molar-refractivity contribution >= 4 is 0 Å². The highest BCUT2D eigenvalue weighted by atomic mass is 17.1. The SMILES string of the molecule is [CH2-]C1C=C(OO)C=C(CCC)C(C)=C1. The minimum absolute atomic E-state index is 0.0581. The molecule has 0 aromatic carbocycles. The Kier molecular flexibility index (Phi) is 3.96. The molecule has 78 valence electrons. The highest BCUT2D eigenvalue weighted by Gasteiger charge is 2.06. The molecule has 0 aromatic rings. The van der Waals surface area contributed by atoms with E-state index in [4.69, 9.17) is 5.26 Å². The first-order valence-corrected chi connectivity index (χ1v) is 4.93. The van der Waals surface area contributed by atoms with Gasteiger partial charge in [0.05, 0.1) is 0 Å². The van der Waals surface area contributed by atoms with Gasteiger partial charge in [0.2, 0.25) is 0 Å². The molecule has 1 aliphatic carbocycles. The molecule has 0 bridgehead atoms. The number of hydrogen-bond acceptors (Lipinski definition) is 2. The molecular formula is C12H17O2-. The molecule has 1 rings (SSSR count). The fourth-order valence-electron chi connectivity index (χ4n) is 1.62. The third kappa shape index (κ3) is 2.74. The van der Waals surface area contributed by atoms with Crippen LogP contribution in [0.2, 0.25) is 0 Å². The van der Waals surface area contributed by atoms with Crippen molar-refractivity contribution in [3.05, 3.63) is 42.1 Å². The predicted molar refractivity (Wildman–Crippen MR) is 57.4 cm³/mol. The number of hydrogen-bond donors (Lipinski definition) is 1. The minimum atomic E-state index is 0.0581. The van der Waals surface area contributed by atoms with E-state index < -0.39 is 0 Å². The second-order valence-electron chi connectivity index (χ2n) is 3.59. The first-order valence-electron chi connectivity index (χ1n) is 4.93. The summed E-state index contributed by atoms with van der Waals surface area (Å²) in [6.45, 7) is 8.12. The molecule has 0 aromatic heterocycles. The molecule has 1 atom stereocenters. The van der Waals surface area contributed by atoms with Crippen molar-refractivity contribution in [2.24, 2.45) is 5.92 Å². The van der Waals surface area contributed by atoms with Crippen molar-refractivity contribution in [2.45, 2.75) is 26.7 Å². The van der Waals surface area contributed by atoms with E-state index in [0.717, 1.165) is 12.8 Å². The zero-order valence-corrected chi connectivity index (χ0v) is 8.79. The van der Waals surface area contributed by atoms with Crippen molar-refractivity contribution in [2.75, 3.05) is 0 Å². The molecule has 0 saturated carbocycles. The quantitative estimate of drug-likeness (QED) is 0.422. The van der Waals surface area contributed by atoms with E-state index >= 15 is 0 Å². The molecule has 0 fully saturated rings. The predicted octanol–water partition coefficient (Wildman–Crippen LogP) is 3.50. The maximum Gasteiger partial charge on any atom is 0.159 e. The maximum absolute atomic E-state index is 8.64. The van der Waals surface area contributed by atoms with Gasteiger partial charge in [0, 0.05) is 0 Å². The van der Waals surface area contributed by atoms with Gasteiger partial charge >= 0.3 is 0 Å². The van der Waals surface area contributed by atoms with E-state index in [1.165, 1.54) is 11.1 Å². The summed E-state index contributed by atoms with van der Waals surface area (Å²) in [6.07, 6.45) is 7.83. The molecule has 0 radical (unpaired) electrons. The molecule has 1 aliphatic rings. The average Bonchev–Trinajstić information content (AvgIpc) is 2.27. The smallest absolute Gasteiger partial charge is 0.159 e. The van der Waals surface area contributed by atoms with Crippen LogP contribution in [0.5, 0.6) is 0 Å². The molecular weight excluding hydrogens is 176 g/mol. The van der Waals surface area contributed by atoms with Crippen LogP contribution in [0.1, 0.15) is 26.7 Å². The third-order valence-corrected chi connectivity index (χ3v) is 2.29. The van der Waals surface area contributed by atoms with Gasteiger partial charge < -0.3 is 11.8 Å². The summed E-state index contributed by atoms with van der Waals surface area (Å²) in [6, 6.07) is 0. The second kappa shape index (κ2) is 5.01.